The molecule has 16 N–H and O–H groups in total. The van der Waals surface area contributed by atoms with E-state index in [-0.39, 0.29) is 48.7 Å². The van der Waals surface area contributed by atoms with Crippen LogP contribution in [0.1, 0.15) is 22.3 Å². The van der Waals surface area contributed by atoms with E-state index >= 15 is 0 Å². The lowest BCUT2D eigenvalue weighted by atomic mass is 10.1. The molecule has 52 heavy (non-hydrogen) atoms. The second-order valence-electron chi connectivity index (χ2n) is 11.3. The van der Waals surface area contributed by atoms with Gasteiger partial charge in [0.25, 0.3) is 0 Å². The molecule has 4 aromatic carbocycles. The Labute approximate surface area is 298 Å². The van der Waals surface area contributed by atoms with E-state index in [9.17, 15) is 19.2 Å². The molecule has 0 bridgehead atoms. The second kappa shape index (κ2) is 22.5. The summed E-state index contributed by atoms with van der Waals surface area (Å²) in [5.74, 6) is -3.44. The minimum absolute atomic E-state index is 0.160. The van der Waals surface area contributed by atoms with E-state index in [4.69, 9.17) is 63.8 Å². The fraction of sp³-hybridized carbons (Fsp3) is 0.222. The first-order chi connectivity index (χ1) is 24.4. The van der Waals surface area contributed by atoms with Gasteiger partial charge in [-0.05, 0) is 96.5 Å². The van der Waals surface area contributed by atoms with Crippen LogP contribution < -0.4 is 22.9 Å². The van der Waals surface area contributed by atoms with Gasteiger partial charge in [0.1, 0.15) is 47.2 Å². The van der Waals surface area contributed by atoms with Gasteiger partial charge in [0.05, 0.1) is 0 Å². The number of carboxylic acids is 4. The van der Waals surface area contributed by atoms with E-state index in [1.807, 2.05) is 0 Å². The standard InChI is InChI=1S/4C9H11NO3/c4*10-8(9(12)13)5-6-1-3-7(11)4-2-6/h4*1-4,8,11H,5,10H2,(H,12,13)/t4*8-/m0000/s1. The molecule has 0 amide bonds. The number of hydrogen-bond acceptors (Lipinski definition) is 12. The zero-order valence-electron chi connectivity index (χ0n) is 27.9. The first-order valence-electron chi connectivity index (χ1n) is 15.4. The first kappa shape index (κ1) is 43.8. The third kappa shape index (κ3) is 18.5. The third-order valence-electron chi connectivity index (χ3n) is 6.84. The molecular weight excluding hydrogens is 680 g/mol. The molecule has 0 radical (unpaired) electrons. The molecule has 0 fully saturated rings. The maximum atomic E-state index is 10.4. The Balaban J connectivity index is 0.000000347. The van der Waals surface area contributed by atoms with Crippen LogP contribution in [0.25, 0.3) is 0 Å². The van der Waals surface area contributed by atoms with Crippen molar-refractivity contribution in [1.82, 2.24) is 0 Å². The van der Waals surface area contributed by atoms with Crippen LogP contribution in [0.15, 0.2) is 97.1 Å². The number of carboxylic acid groups (broad SMARTS) is 4. The van der Waals surface area contributed by atoms with Crippen LogP contribution in [0, 0.1) is 0 Å². The van der Waals surface area contributed by atoms with Gasteiger partial charge < -0.3 is 63.8 Å². The van der Waals surface area contributed by atoms with E-state index < -0.39 is 48.0 Å². The Kier molecular flexibility index (Phi) is 19.0. The van der Waals surface area contributed by atoms with Crippen molar-refractivity contribution in [2.24, 2.45) is 22.9 Å². The number of hydrogen-bond donors (Lipinski definition) is 12. The van der Waals surface area contributed by atoms with Crippen molar-refractivity contribution in [1.29, 1.82) is 0 Å². The lowest BCUT2D eigenvalue weighted by Gasteiger charge is -2.05. The Hall–Kier alpha value is -6.20. The quantitative estimate of drug-likeness (QED) is 0.0981. The SMILES string of the molecule is N[C@@H](Cc1ccc(O)cc1)C(=O)O.N[C@@H](Cc1ccc(O)cc1)C(=O)O.N[C@@H](Cc1ccc(O)cc1)C(=O)O.N[C@@H](Cc1ccc(O)cc1)C(=O)O. The van der Waals surface area contributed by atoms with Crippen LogP contribution in [0.4, 0.5) is 0 Å². The number of nitrogens with two attached hydrogens (primary N) is 4. The molecular formula is C36H44N4O12. The van der Waals surface area contributed by atoms with Crippen LogP contribution in [0.5, 0.6) is 23.0 Å². The molecule has 0 aliphatic heterocycles. The van der Waals surface area contributed by atoms with Gasteiger partial charge in [-0.25, -0.2) is 0 Å². The Morgan fingerprint density at radius 2 is 0.481 bits per heavy atom. The van der Waals surface area contributed by atoms with E-state index in [0.29, 0.717) is 0 Å². The summed E-state index contributed by atoms with van der Waals surface area (Å²) in [4.78, 5) is 41.6. The number of phenolic OH excluding ortho intramolecular Hbond substituents is 4. The second-order valence-corrected chi connectivity index (χ2v) is 11.3. The summed E-state index contributed by atoms with van der Waals surface area (Å²) >= 11 is 0. The van der Waals surface area contributed by atoms with Crippen molar-refractivity contribution in [3.05, 3.63) is 119 Å². The molecule has 0 unspecified atom stereocenters. The van der Waals surface area contributed by atoms with Crippen molar-refractivity contribution in [2.45, 2.75) is 49.9 Å². The van der Waals surface area contributed by atoms with Gasteiger partial charge in [-0.3, -0.25) is 19.2 Å². The number of aliphatic carboxylic acids is 4. The largest absolute Gasteiger partial charge is 0.508 e. The molecule has 4 aromatic rings. The molecule has 0 saturated heterocycles. The normalized spacial score (nSPS) is 12.4. The fourth-order valence-electron chi connectivity index (χ4n) is 3.89. The van der Waals surface area contributed by atoms with Crippen molar-refractivity contribution in [3.8, 4) is 23.0 Å². The average Bonchev–Trinajstić information content (AvgIpc) is 3.09. The van der Waals surface area contributed by atoms with Crippen LogP contribution >= 0.6 is 0 Å². The van der Waals surface area contributed by atoms with Crippen molar-refractivity contribution in [2.75, 3.05) is 0 Å². The zero-order chi connectivity index (χ0) is 39.4. The maximum absolute atomic E-state index is 10.4. The first-order valence-corrected chi connectivity index (χ1v) is 15.4. The van der Waals surface area contributed by atoms with Crippen LogP contribution in [0.3, 0.4) is 0 Å². The Bertz CT molecular complexity index is 1430. The predicted molar refractivity (Wildman–Crippen MR) is 190 cm³/mol. The van der Waals surface area contributed by atoms with E-state index in [2.05, 4.69) is 0 Å². The van der Waals surface area contributed by atoms with Crippen LogP contribution in [0.2, 0.25) is 0 Å². The monoisotopic (exact) mass is 724 g/mol. The summed E-state index contributed by atoms with van der Waals surface area (Å²) in [5, 5.41) is 69.9. The highest BCUT2D eigenvalue weighted by Crippen LogP contribution is 2.13. The number of rotatable bonds is 12. The zero-order valence-corrected chi connectivity index (χ0v) is 27.9. The summed E-state index contributed by atoms with van der Waals surface area (Å²) in [5.41, 5.74) is 24.5. The Morgan fingerprint density at radius 3 is 0.596 bits per heavy atom. The third-order valence-corrected chi connectivity index (χ3v) is 6.84. The summed E-state index contributed by atoms with van der Waals surface area (Å²) in [6.45, 7) is 0. The molecule has 280 valence electrons. The summed E-state index contributed by atoms with van der Waals surface area (Å²) in [7, 11) is 0. The summed E-state index contributed by atoms with van der Waals surface area (Å²) in [6, 6.07) is 21.7. The van der Waals surface area contributed by atoms with Gasteiger partial charge in [0.2, 0.25) is 0 Å². The number of benzene rings is 4. The Morgan fingerprint density at radius 1 is 0.346 bits per heavy atom. The lowest BCUT2D eigenvalue weighted by molar-refractivity contribution is -0.139. The molecule has 0 aliphatic carbocycles. The number of aromatic hydroxyl groups is 4. The van der Waals surface area contributed by atoms with E-state index in [0.717, 1.165) is 22.3 Å². The molecule has 16 heteroatoms. The minimum atomic E-state index is -1.02. The van der Waals surface area contributed by atoms with Gasteiger partial charge in [0.15, 0.2) is 0 Å². The van der Waals surface area contributed by atoms with Gasteiger partial charge in [-0.1, -0.05) is 48.5 Å². The molecule has 4 rings (SSSR count). The molecule has 4 atom stereocenters. The van der Waals surface area contributed by atoms with Crippen LogP contribution in [-0.2, 0) is 44.9 Å². The molecule has 0 aromatic heterocycles. The molecule has 0 aliphatic rings. The van der Waals surface area contributed by atoms with Gasteiger partial charge in [0, 0.05) is 0 Å². The molecule has 0 saturated carbocycles. The van der Waals surface area contributed by atoms with Crippen molar-refractivity contribution >= 4 is 23.9 Å². The maximum Gasteiger partial charge on any atom is 0.320 e. The average molecular weight is 725 g/mol. The topological polar surface area (TPSA) is 334 Å². The van der Waals surface area contributed by atoms with E-state index in [1.165, 1.54) is 48.5 Å². The number of phenols is 4. The van der Waals surface area contributed by atoms with E-state index in [1.54, 1.807) is 48.5 Å². The van der Waals surface area contributed by atoms with Gasteiger partial charge in [-0.15, -0.1) is 0 Å². The summed E-state index contributed by atoms with van der Waals surface area (Å²) in [6.07, 6.45) is 1.09. The smallest absolute Gasteiger partial charge is 0.320 e. The molecule has 16 nitrogen and oxygen atoms in total. The highest BCUT2D eigenvalue weighted by molar-refractivity contribution is 5.74. The minimum Gasteiger partial charge on any atom is -0.508 e. The fourth-order valence-corrected chi connectivity index (χ4v) is 3.89. The van der Waals surface area contributed by atoms with Gasteiger partial charge >= 0.3 is 23.9 Å². The highest BCUT2D eigenvalue weighted by Gasteiger charge is 2.14. The van der Waals surface area contributed by atoms with Crippen molar-refractivity contribution in [3.63, 3.8) is 0 Å². The van der Waals surface area contributed by atoms with Crippen LogP contribution in [-0.4, -0.2) is 88.9 Å². The predicted octanol–water partition coefficient (Wildman–Crippen LogP) is 1.39. The van der Waals surface area contributed by atoms with Gasteiger partial charge in [-0.2, -0.15) is 0 Å². The number of carbonyl (C=O) groups is 4. The lowest BCUT2D eigenvalue weighted by Crippen LogP contribution is -2.32. The molecule has 0 spiro atoms. The highest BCUT2D eigenvalue weighted by atomic mass is 16.4. The van der Waals surface area contributed by atoms with Crippen molar-refractivity contribution < 1.29 is 60.0 Å². The molecule has 0 heterocycles. The summed E-state index contributed by atoms with van der Waals surface area (Å²) < 4.78 is 0.